The molecule has 0 amide bonds. The first-order valence-electron chi connectivity index (χ1n) is 6.20. The highest BCUT2D eigenvalue weighted by atomic mass is 79.9. The molecule has 1 fully saturated rings. The third kappa shape index (κ3) is 3.38. The first kappa shape index (κ1) is 13.2. The fraction of sp³-hybridized carbons (Fsp3) is 0.571. The van der Waals surface area contributed by atoms with Crippen molar-refractivity contribution < 1.29 is 4.74 Å². The lowest BCUT2D eigenvalue weighted by Gasteiger charge is -2.27. The molecule has 0 N–H and O–H groups in total. The molecule has 0 aromatic heterocycles. The summed E-state index contributed by atoms with van der Waals surface area (Å²) in [6.45, 7) is 2.32. The maximum atomic E-state index is 6.16. The molecular formula is C14H18BrClO. The van der Waals surface area contributed by atoms with Crippen molar-refractivity contribution in [2.75, 3.05) is 0 Å². The fourth-order valence-corrected chi connectivity index (χ4v) is 3.28. The first-order valence-corrected chi connectivity index (χ1v) is 7.70. The summed E-state index contributed by atoms with van der Waals surface area (Å²) in [5, 5.41) is 1.52. The van der Waals surface area contributed by atoms with Gasteiger partial charge in [0, 0.05) is 15.9 Å². The van der Waals surface area contributed by atoms with E-state index in [0.717, 1.165) is 40.4 Å². The van der Waals surface area contributed by atoms with Gasteiger partial charge in [0.15, 0.2) is 0 Å². The highest BCUT2D eigenvalue weighted by molar-refractivity contribution is 9.08. The Morgan fingerprint density at radius 3 is 2.65 bits per heavy atom. The number of rotatable bonds is 3. The van der Waals surface area contributed by atoms with Crippen LogP contribution in [-0.4, -0.2) is 6.10 Å². The van der Waals surface area contributed by atoms with Crippen LogP contribution in [0.1, 0.15) is 38.2 Å². The van der Waals surface area contributed by atoms with Crippen molar-refractivity contribution in [3.63, 3.8) is 0 Å². The molecule has 94 valence electrons. The number of benzene rings is 1. The second-order valence-electron chi connectivity index (χ2n) is 4.85. The van der Waals surface area contributed by atoms with Gasteiger partial charge in [0.25, 0.3) is 0 Å². The molecule has 3 heteroatoms. The average molecular weight is 318 g/mol. The molecule has 1 aliphatic rings. The Labute approximate surface area is 117 Å². The van der Waals surface area contributed by atoms with Crippen molar-refractivity contribution in [3.8, 4) is 5.75 Å². The molecule has 1 nitrogen and oxygen atoms in total. The van der Waals surface area contributed by atoms with E-state index >= 15 is 0 Å². The largest absolute Gasteiger partial charge is 0.490 e. The van der Waals surface area contributed by atoms with Crippen LogP contribution in [0.2, 0.25) is 5.02 Å². The first-order chi connectivity index (χ1) is 8.20. The number of ether oxygens (including phenoxy) is 1. The molecule has 0 heterocycles. The zero-order chi connectivity index (χ0) is 12.3. The molecule has 2 rings (SSSR count). The van der Waals surface area contributed by atoms with Gasteiger partial charge in [-0.2, -0.15) is 0 Å². The summed E-state index contributed by atoms with van der Waals surface area (Å²) in [6.07, 6.45) is 5.23. The number of hydrogen-bond acceptors (Lipinski definition) is 1. The summed E-state index contributed by atoms with van der Waals surface area (Å²) in [7, 11) is 0. The predicted octanol–water partition coefficient (Wildman–Crippen LogP) is 5.19. The lowest BCUT2D eigenvalue weighted by molar-refractivity contribution is 0.134. The molecule has 17 heavy (non-hydrogen) atoms. The second kappa shape index (κ2) is 6.10. The summed E-state index contributed by atoms with van der Waals surface area (Å²) < 4.78 is 6.09. The van der Waals surface area contributed by atoms with Crippen molar-refractivity contribution in [2.24, 2.45) is 5.92 Å². The third-order valence-corrected chi connectivity index (χ3v) is 4.38. The molecule has 1 aromatic rings. The van der Waals surface area contributed by atoms with E-state index in [2.05, 4.69) is 22.9 Å². The van der Waals surface area contributed by atoms with E-state index in [0.29, 0.717) is 6.10 Å². The quantitative estimate of drug-likeness (QED) is 0.697. The minimum Gasteiger partial charge on any atom is -0.490 e. The van der Waals surface area contributed by atoms with Crippen LogP contribution < -0.4 is 4.74 Å². The monoisotopic (exact) mass is 316 g/mol. The molecule has 1 aliphatic carbocycles. The van der Waals surface area contributed by atoms with E-state index < -0.39 is 0 Å². The van der Waals surface area contributed by atoms with E-state index in [1.54, 1.807) is 0 Å². The highest BCUT2D eigenvalue weighted by Crippen LogP contribution is 2.32. The minimum absolute atomic E-state index is 0.363. The Morgan fingerprint density at radius 2 is 2.00 bits per heavy atom. The van der Waals surface area contributed by atoms with Crippen LogP contribution in [0, 0.1) is 5.92 Å². The van der Waals surface area contributed by atoms with Crippen LogP contribution in [0.5, 0.6) is 5.75 Å². The van der Waals surface area contributed by atoms with Crippen LogP contribution in [-0.2, 0) is 5.33 Å². The predicted molar refractivity (Wildman–Crippen MR) is 76.1 cm³/mol. The van der Waals surface area contributed by atoms with Crippen molar-refractivity contribution >= 4 is 27.5 Å². The van der Waals surface area contributed by atoms with E-state index in [-0.39, 0.29) is 0 Å². The zero-order valence-corrected chi connectivity index (χ0v) is 12.4. The molecule has 0 unspecified atom stereocenters. The second-order valence-corrected chi connectivity index (χ2v) is 5.82. The molecular weight excluding hydrogens is 300 g/mol. The van der Waals surface area contributed by atoms with Gasteiger partial charge in [0.2, 0.25) is 0 Å². The van der Waals surface area contributed by atoms with Gasteiger partial charge in [-0.15, -0.1) is 0 Å². The van der Waals surface area contributed by atoms with Crippen molar-refractivity contribution in [1.29, 1.82) is 0 Å². The van der Waals surface area contributed by atoms with Gasteiger partial charge in [-0.1, -0.05) is 40.5 Å². The zero-order valence-electron chi connectivity index (χ0n) is 10.1. The van der Waals surface area contributed by atoms with Crippen molar-refractivity contribution in [2.45, 2.75) is 44.0 Å². The molecule has 0 saturated heterocycles. The molecule has 1 aromatic carbocycles. The topological polar surface area (TPSA) is 9.23 Å². The van der Waals surface area contributed by atoms with Crippen LogP contribution in [0.4, 0.5) is 0 Å². The van der Waals surface area contributed by atoms with E-state index in [9.17, 15) is 0 Å². The smallest absolute Gasteiger partial charge is 0.125 e. The molecule has 0 spiro atoms. The summed E-state index contributed by atoms with van der Waals surface area (Å²) in [5.74, 6) is 1.79. The number of alkyl halides is 1. The molecule has 0 radical (unpaired) electrons. The van der Waals surface area contributed by atoms with Crippen LogP contribution in [0.15, 0.2) is 18.2 Å². The van der Waals surface area contributed by atoms with E-state index in [4.69, 9.17) is 16.3 Å². The van der Waals surface area contributed by atoms with Gasteiger partial charge in [-0.3, -0.25) is 0 Å². The number of hydrogen-bond donors (Lipinski definition) is 0. The normalized spacial score (nSPS) is 24.6. The SMILES string of the molecule is CC1CCC(Oc2cccc(Cl)c2CBr)CC1. The molecule has 1 saturated carbocycles. The van der Waals surface area contributed by atoms with Crippen molar-refractivity contribution in [3.05, 3.63) is 28.8 Å². The van der Waals surface area contributed by atoms with Crippen molar-refractivity contribution in [1.82, 2.24) is 0 Å². The molecule has 0 bridgehead atoms. The Bertz CT molecular complexity index is 372. The highest BCUT2D eigenvalue weighted by Gasteiger charge is 2.20. The Balaban J connectivity index is 2.05. The Morgan fingerprint density at radius 1 is 1.29 bits per heavy atom. The van der Waals surface area contributed by atoms with E-state index in [1.807, 2.05) is 18.2 Å². The average Bonchev–Trinajstić information content (AvgIpc) is 2.32. The Hall–Kier alpha value is -0.210. The summed E-state index contributed by atoms with van der Waals surface area (Å²) >= 11 is 9.63. The maximum absolute atomic E-state index is 6.16. The summed E-state index contributed by atoms with van der Waals surface area (Å²) in [5.41, 5.74) is 1.06. The van der Waals surface area contributed by atoms with Gasteiger partial charge >= 0.3 is 0 Å². The maximum Gasteiger partial charge on any atom is 0.125 e. The lowest BCUT2D eigenvalue weighted by Crippen LogP contribution is -2.23. The molecule has 0 aliphatic heterocycles. The fourth-order valence-electron chi connectivity index (χ4n) is 2.31. The van der Waals surface area contributed by atoms with Gasteiger partial charge in [0.1, 0.15) is 5.75 Å². The van der Waals surface area contributed by atoms with Crippen LogP contribution >= 0.6 is 27.5 Å². The van der Waals surface area contributed by atoms with Gasteiger partial charge in [-0.05, 0) is 43.7 Å². The number of halogens is 2. The van der Waals surface area contributed by atoms with Gasteiger partial charge in [-0.25, -0.2) is 0 Å². The van der Waals surface area contributed by atoms with Crippen LogP contribution in [0.25, 0.3) is 0 Å². The Kier molecular flexibility index (Phi) is 4.75. The van der Waals surface area contributed by atoms with Gasteiger partial charge in [0.05, 0.1) is 6.10 Å². The lowest BCUT2D eigenvalue weighted by atomic mass is 9.89. The third-order valence-electron chi connectivity index (χ3n) is 3.47. The summed E-state index contributed by atoms with van der Waals surface area (Å²) in [4.78, 5) is 0. The van der Waals surface area contributed by atoms with Crippen LogP contribution in [0.3, 0.4) is 0 Å². The van der Waals surface area contributed by atoms with E-state index in [1.165, 1.54) is 12.8 Å². The summed E-state index contributed by atoms with van der Waals surface area (Å²) in [6, 6.07) is 5.88. The standard InChI is InChI=1S/C14H18BrClO/c1-10-5-7-11(8-6-10)17-14-4-2-3-13(16)12(14)9-15/h2-4,10-11H,5-9H2,1H3. The minimum atomic E-state index is 0.363. The molecule has 0 atom stereocenters. The van der Waals surface area contributed by atoms with Gasteiger partial charge < -0.3 is 4.74 Å².